The van der Waals surface area contributed by atoms with Crippen molar-refractivity contribution < 1.29 is 22.7 Å². The highest BCUT2D eigenvalue weighted by Crippen LogP contribution is 2.40. The predicted octanol–water partition coefficient (Wildman–Crippen LogP) is 2.95. The molecule has 10 heteroatoms. The lowest BCUT2D eigenvalue weighted by molar-refractivity contribution is -0.143. The van der Waals surface area contributed by atoms with Gasteiger partial charge in [-0.1, -0.05) is 6.07 Å². The van der Waals surface area contributed by atoms with Crippen LogP contribution in [0.15, 0.2) is 35.4 Å². The van der Waals surface area contributed by atoms with Gasteiger partial charge in [0.15, 0.2) is 0 Å². The summed E-state index contributed by atoms with van der Waals surface area (Å²) in [6.07, 6.45) is 0.0138. The molecular formula is C20H23F3N4O3. The molecule has 1 saturated carbocycles. The highest BCUT2D eigenvalue weighted by atomic mass is 19.4. The normalized spacial score (nSPS) is 14.2. The Bertz CT molecular complexity index is 927. The summed E-state index contributed by atoms with van der Waals surface area (Å²) in [5.74, 6) is -0.471. The zero-order valence-corrected chi connectivity index (χ0v) is 16.6. The minimum atomic E-state index is -4.76. The molecule has 2 aromatic rings. The topological polar surface area (TPSA) is 77.3 Å². The quantitative estimate of drug-likeness (QED) is 0.576. The van der Waals surface area contributed by atoms with Gasteiger partial charge in [-0.05, 0) is 37.5 Å². The fourth-order valence-corrected chi connectivity index (χ4v) is 3.06. The molecule has 2 heterocycles. The summed E-state index contributed by atoms with van der Waals surface area (Å²) in [5.41, 5.74) is -1.34. The van der Waals surface area contributed by atoms with Crippen molar-refractivity contribution in [1.29, 1.82) is 0 Å². The number of carbonyl (C=O) groups excluding carboxylic acids is 1. The van der Waals surface area contributed by atoms with E-state index in [0.29, 0.717) is 0 Å². The van der Waals surface area contributed by atoms with E-state index in [9.17, 15) is 22.8 Å². The van der Waals surface area contributed by atoms with Gasteiger partial charge in [-0.2, -0.15) is 18.3 Å². The number of aromatic nitrogens is 3. The van der Waals surface area contributed by atoms with Crippen LogP contribution in [0.25, 0.3) is 0 Å². The Morgan fingerprint density at radius 1 is 1.37 bits per heavy atom. The van der Waals surface area contributed by atoms with Gasteiger partial charge in [-0.15, -0.1) is 0 Å². The van der Waals surface area contributed by atoms with E-state index < -0.39 is 23.3 Å². The Balaban J connectivity index is 1.87. The third-order valence-corrected chi connectivity index (χ3v) is 4.69. The highest BCUT2D eigenvalue weighted by Gasteiger charge is 2.37. The van der Waals surface area contributed by atoms with E-state index in [1.54, 1.807) is 30.3 Å². The zero-order valence-electron chi connectivity index (χ0n) is 16.6. The van der Waals surface area contributed by atoms with Gasteiger partial charge in [-0.25, -0.2) is 4.68 Å². The Hall–Kier alpha value is -2.75. The van der Waals surface area contributed by atoms with Gasteiger partial charge < -0.3 is 4.74 Å². The van der Waals surface area contributed by atoms with E-state index in [4.69, 9.17) is 4.74 Å². The van der Waals surface area contributed by atoms with Crippen LogP contribution in [-0.2, 0) is 28.9 Å². The number of nitrogens with zero attached hydrogens (tertiary/aromatic N) is 4. The number of rotatable bonds is 9. The van der Waals surface area contributed by atoms with E-state index in [1.807, 2.05) is 6.07 Å². The maximum absolute atomic E-state index is 13.4. The third kappa shape index (κ3) is 5.88. The molecule has 30 heavy (non-hydrogen) atoms. The van der Waals surface area contributed by atoms with Crippen LogP contribution in [0.2, 0.25) is 0 Å². The van der Waals surface area contributed by atoms with E-state index in [0.717, 1.165) is 29.2 Å². The number of ether oxygens (including phenoxy) is 1. The number of hydrogen-bond donors (Lipinski definition) is 0. The van der Waals surface area contributed by atoms with Crippen molar-refractivity contribution in [3.63, 3.8) is 0 Å². The Labute approximate surface area is 171 Å². The molecule has 0 saturated heterocycles. The Kier molecular flexibility index (Phi) is 6.86. The first kappa shape index (κ1) is 21.9. The summed E-state index contributed by atoms with van der Waals surface area (Å²) in [6.45, 7) is 2.22. The highest BCUT2D eigenvalue weighted by molar-refractivity contribution is 5.69. The molecule has 0 bridgehead atoms. The molecule has 162 valence electrons. The van der Waals surface area contributed by atoms with Crippen LogP contribution in [-0.4, -0.2) is 38.8 Å². The van der Waals surface area contributed by atoms with Crippen LogP contribution in [0.1, 0.15) is 48.9 Å². The number of halogens is 3. The van der Waals surface area contributed by atoms with Crippen LogP contribution < -0.4 is 5.56 Å². The first-order valence-electron chi connectivity index (χ1n) is 9.74. The predicted molar refractivity (Wildman–Crippen MR) is 101 cm³/mol. The van der Waals surface area contributed by atoms with Gasteiger partial charge in [0.05, 0.1) is 25.4 Å². The molecular weight excluding hydrogens is 401 g/mol. The molecule has 0 radical (unpaired) electrons. The summed E-state index contributed by atoms with van der Waals surface area (Å²) in [4.78, 5) is 30.0. The first-order valence-corrected chi connectivity index (χ1v) is 9.74. The van der Waals surface area contributed by atoms with Gasteiger partial charge in [0.25, 0.3) is 5.56 Å². The molecule has 0 atom stereocenters. The zero-order chi connectivity index (χ0) is 21.7. The standard InChI is InChI=1S/C20H23F3N4O3/c1-2-30-18(28)7-9-26(12-14-4-3-8-24-11-14)13-27-19(29)16(20(21,22)23)10-17(25-27)15-5-6-15/h3-4,8,10-11,15H,2,5-7,9,12-13H2,1H3. The summed E-state index contributed by atoms with van der Waals surface area (Å²) in [7, 11) is 0. The van der Waals surface area contributed by atoms with Gasteiger partial charge in [0.1, 0.15) is 5.56 Å². The second-order valence-corrected chi connectivity index (χ2v) is 7.17. The van der Waals surface area contributed by atoms with Crippen LogP contribution in [0.5, 0.6) is 0 Å². The van der Waals surface area contributed by atoms with E-state index in [-0.39, 0.29) is 44.4 Å². The second-order valence-electron chi connectivity index (χ2n) is 7.17. The SMILES string of the molecule is CCOC(=O)CCN(Cc1cccnc1)Cn1nc(C2CC2)cc(C(F)(F)F)c1=O. The number of pyridine rings is 1. The van der Waals surface area contributed by atoms with Crippen molar-refractivity contribution in [3.8, 4) is 0 Å². The summed E-state index contributed by atoms with van der Waals surface area (Å²) in [6, 6.07) is 4.40. The molecule has 1 fully saturated rings. The first-order chi connectivity index (χ1) is 14.3. The fraction of sp³-hybridized carbons (Fsp3) is 0.500. The summed E-state index contributed by atoms with van der Waals surface area (Å²) >= 11 is 0. The second kappa shape index (κ2) is 9.38. The van der Waals surface area contributed by atoms with Crippen molar-refractivity contribution in [3.05, 3.63) is 57.8 Å². The number of esters is 1. The van der Waals surface area contributed by atoms with Crippen molar-refractivity contribution in [2.45, 2.75) is 51.5 Å². The summed E-state index contributed by atoms with van der Waals surface area (Å²) in [5, 5.41) is 4.18. The average molecular weight is 424 g/mol. The van der Waals surface area contributed by atoms with Crippen molar-refractivity contribution in [1.82, 2.24) is 19.7 Å². The van der Waals surface area contributed by atoms with Gasteiger partial charge in [0.2, 0.25) is 0 Å². The van der Waals surface area contributed by atoms with E-state index >= 15 is 0 Å². The number of alkyl halides is 3. The lowest BCUT2D eigenvalue weighted by Gasteiger charge is -2.23. The maximum atomic E-state index is 13.4. The molecule has 2 aromatic heterocycles. The molecule has 0 aliphatic heterocycles. The molecule has 0 unspecified atom stereocenters. The average Bonchev–Trinajstić information content (AvgIpc) is 3.53. The minimum Gasteiger partial charge on any atom is -0.466 e. The minimum absolute atomic E-state index is 0.0390. The lowest BCUT2D eigenvalue weighted by atomic mass is 10.2. The van der Waals surface area contributed by atoms with Gasteiger partial charge >= 0.3 is 12.1 Å². The largest absolute Gasteiger partial charge is 0.466 e. The smallest absolute Gasteiger partial charge is 0.421 e. The molecule has 3 rings (SSSR count). The van der Waals surface area contributed by atoms with E-state index in [1.165, 1.54) is 0 Å². The molecule has 0 aromatic carbocycles. The monoisotopic (exact) mass is 424 g/mol. The molecule has 1 aliphatic rings. The van der Waals surface area contributed by atoms with Crippen LogP contribution in [0, 0.1) is 0 Å². The third-order valence-electron chi connectivity index (χ3n) is 4.69. The molecule has 0 spiro atoms. The molecule has 7 nitrogen and oxygen atoms in total. The summed E-state index contributed by atoms with van der Waals surface area (Å²) < 4.78 is 45.9. The fourth-order valence-electron chi connectivity index (χ4n) is 3.06. The van der Waals surface area contributed by atoms with Crippen molar-refractivity contribution in [2.75, 3.05) is 13.2 Å². The Morgan fingerprint density at radius 2 is 2.13 bits per heavy atom. The van der Waals surface area contributed by atoms with Crippen LogP contribution in [0.4, 0.5) is 13.2 Å². The maximum Gasteiger partial charge on any atom is 0.421 e. The molecule has 0 N–H and O–H groups in total. The molecule has 1 aliphatic carbocycles. The Morgan fingerprint density at radius 3 is 2.73 bits per heavy atom. The van der Waals surface area contributed by atoms with Crippen LogP contribution in [0.3, 0.4) is 0 Å². The van der Waals surface area contributed by atoms with Crippen molar-refractivity contribution in [2.24, 2.45) is 0 Å². The number of hydrogen-bond acceptors (Lipinski definition) is 6. The number of carbonyl (C=O) groups is 1. The van der Waals surface area contributed by atoms with Gasteiger partial charge in [0, 0.05) is 31.4 Å². The van der Waals surface area contributed by atoms with Crippen LogP contribution >= 0.6 is 0 Å². The van der Waals surface area contributed by atoms with Gasteiger partial charge in [-0.3, -0.25) is 19.5 Å². The molecule has 0 amide bonds. The lowest BCUT2D eigenvalue weighted by Crippen LogP contribution is -2.38. The van der Waals surface area contributed by atoms with E-state index in [2.05, 4.69) is 10.1 Å². The van der Waals surface area contributed by atoms with Crippen molar-refractivity contribution >= 4 is 5.97 Å².